The monoisotopic (exact) mass is 620 g/mol. The van der Waals surface area contributed by atoms with Gasteiger partial charge in [0.1, 0.15) is 5.92 Å². The Bertz CT molecular complexity index is 1250. The summed E-state index contributed by atoms with van der Waals surface area (Å²) in [4.78, 5) is 54.5. The zero-order chi connectivity index (χ0) is 32.0. The van der Waals surface area contributed by atoms with E-state index in [2.05, 4.69) is 45.0 Å². The summed E-state index contributed by atoms with van der Waals surface area (Å²) >= 11 is 0. The molecule has 0 radical (unpaired) electrons. The van der Waals surface area contributed by atoms with E-state index in [9.17, 15) is 9.59 Å². The van der Waals surface area contributed by atoms with Crippen LogP contribution in [0.4, 0.5) is 11.4 Å². The molecule has 2 fully saturated rings. The molecule has 244 valence electrons. The number of nitrogens with zero attached hydrogens (tertiary/aromatic N) is 4. The van der Waals surface area contributed by atoms with Gasteiger partial charge in [0.2, 0.25) is 5.91 Å². The maximum Gasteiger partial charge on any atom is 0.414 e. The Morgan fingerprint density at radius 3 is 1.93 bits per heavy atom. The van der Waals surface area contributed by atoms with Crippen molar-refractivity contribution < 1.29 is 29.4 Å². The number of amides is 1. The molecule has 1 atom stereocenters. The molecule has 45 heavy (non-hydrogen) atoms. The summed E-state index contributed by atoms with van der Waals surface area (Å²) in [5, 5.41) is 14.8. The normalized spacial score (nSPS) is 19.1. The van der Waals surface area contributed by atoms with Crippen LogP contribution < -0.4 is 9.80 Å². The number of carboxylic acid groups (broad SMARTS) is 2. The molecule has 3 heterocycles. The summed E-state index contributed by atoms with van der Waals surface area (Å²) in [5.41, 5.74) is 2.87. The third-order valence-corrected chi connectivity index (χ3v) is 9.04. The first-order chi connectivity index (χ1) is 21.8. The number of benzene rings is 2. The van der Waals surface area contributed by atoms with Crippen LogP contribution in [0.1, 0.15) is 68.1 Å². The van der Waals surface area contributed by atoms with Crippen molar-refractivity contribution in [3.8, 4) is 0 Å². The second kappa shape index (κ2) is 17.7. The van der Waals surface area contributed by atoms with Gasteiger partial charge in [-0.15, -0.1) is 0 Å². The Labute approximate surface area is 266 Å². The molecule has 1 unspecified atom stereocenters. The standard InChI is InChI=1S/C33H46N4O2.C2H2O4/c38-32-29-16-8-9-18-31(29)37(23-13-22-34-19-11-4-12-20-34)33(39)30(32)17-7-1-2-10-21-35-24-26-36(27-25-35)28-14-5-3-6-15-28;3-1(4)2(5)6/h3,5-6,8-9,14-16,18,30H,1-2,4,7,10-13,17,19-27H2;(H,3,4)(H,5,6). The van der Waals surface area contributed by atoms with E-state index in [1.165, 1.54) is 44.5 Å². The summed E-state index contributed by atoms with van der Waals surface area (Å²) in [7, 11) is 0. The van der Waals surface area contributed by atoms with Crippen molar-refractivity contribution in [3.05, 3.63) is 60.2 Å². The van der Waals surface area contributed by atoms with Crippen molar-refractivity contribution in [2.45, 2.75) is 57.8 Å². The first kappa shape index (κ1) is 34.1. The Morgan fingerprint density at radius 2 is 1.24 bits per heavy atom. The van der Waals surface area contributed by atoms with Gasteiger partial charge >= 0.3 is 11.9 Å². The number of piperazine rings is 1. The van der Waals surface area contributed by atoms with Crippen LogP contribution in [0, 0.1) is 5.92 Å². The second-order valence-corrected chi connectivity index (χ2v) is 12.2. The Hall–Kier alpha value is -3.76. The van der Waals surface area contributed by atoms with Gasteiger partial charge in [-0.25, -0.2) is 9.59 Å². The average molecular weight is 621 g/mol. The number of rotatable bonds is 12. The fraction of sp³-hybridized carbons (Fsp3) is 0.543. The van der Waals surface area contributed by atoms with Crippen LogP contribution in [0.25, 0.3) is 0 Å². The van der Waals surface area contributed by atoms with Crippen LogP contribution in [-0.2, 0) is 14.4 Å². The summed E-state index contributed by atoms with van der Waals surface area (Å²) in [6.45, 7) is 9.64. The number of carbonyl (C=O) groups is 4. The highest BCUT2D eigenvalue weighted by molar-refractivity contribution is 6.27. The number of piperidine rings is 1. The maximum absolute atomic E-state index is 13.5. The molecule has 3 aliphatic rings. The SMILES string of the molecule is O=C(O)C(=O)O.O=C1c2ccccc2N(CCCN2CCCCC2)C(=O)C1CCCCCCN1CCN(c2ccccc2)CC1. The van der Waals surface area contributed by atoms with Gasteiger partial charge in [-0.05, 0) is 82.5 Å². The Morgan fingerprint density at radius 1 is 0.644 bits per heavy atom. The van der Waals surface area contributed by atoms with Gasteiger partial charge in [-0.2, -0.15) is 0 Å². The minimum atomic E-state index is -1.82. The quantitative estimate of drug-likeness (QED) is 0.199. The second-order valence-electron chi connectivity index (χ2n) is 12.2. The highest BCUT2D eigenvalue weighted by Gasteiger charge is 2.38. The third kappa shape index (κ3) is 10.1. The topological polar surface area (TPSA) is 122 Å². The lowest BCUT2D eigenvalue weighted by Gasteiger charge is -2.36. The number of carbonyl (C=O) groups excluding carboxylic acids is 2. The number of carboxylic acids is 2. The summed E-state index contributed by atoms with van der Waals surface area (Å²) < 4.78 is 0. The lowest BCUT2D eigenvalue weighted by atomic mass is 9.86. The van der Waals surface area contributed by atoms with Crippen LogP contribution in [0.5, 0.6) is 0 Å². The van der Waals surface area contributed by atoms with Gasteiger partial charge in [-0.3, -0.25) is 14.5 Å². The maximum atomic E-state index is 13.5. The third-order valence-electron chi connectivity index (χ3n) is 9.04. The minimum absolute atomic E-state index is 0.0219. The molecule has 2 N–H and O–H groups in total. The number of Topliss-reactive ketones (excluding diaryl/α,β-unsaturated/α-hetero) is 1. The van der Waals surface area contributed by atoms with Crippen LogP contribution in [0.3, 0.4) is 0 Å². The number of anilines is 2. The highest BCUT2D eigenvalue weighted by Crippen LogP contribution is 2.33. The van der Waals surface area contributed by atoms with Crippen molar-refractivity contribution in [1.82, 2.24) is 9.80 Å². The zero-order valence-electron chi connectivity index (χ0n) is 26.3. The van der Waals surface area contributed by atoms with Gasteiger partial charge < -0.3 is 24.9 Å². The van der Waals surface area contributed by atoms with Crippen LogP contribution in [0.2, 0.25) is 0 Å². The number of unbranched alkanes of at least 4 members (excludes halogenated alkanes) is 3. The molecule has 2 aromatic rings. The van der Waals surface area contributed by atoms with Crippen LogP contribution in [-0.4, -0.2) is 103 Å². The average Bonchev–Trinajstić information content (AvgIpc) is 3.07. The van der Waals surface area contributed by atoms with E-state index in [0.29, 0.717) is 13.0 Å². The van der Waals surface area contributed by atoms with Gasteiger partial charge in [-0.1, -0.05) is 56.0 Å². The lowest BCUT2D eigenvalue weighted by molar-refractivity contribution is -0.159. The minimum Gasteiger partial charge on any atom is -0.473 e. The number of para-hydroxylation sites is 2. The predicted octanol–water partition coefficient (Wildman–Crippen LogP) is 4.64. The number of likely N-dealkylation sites (tertiary alicyclic amines) is 1. The Balaban J connectivity index is 0.000000700. The molecule has 3 aliphatic heterocycles. The number of hydrogen-bond acceptors (Lipinski definition) is 7. The van der Waals surface area contributed by atoms with Gasteiger partial charge in [0.15, 0.2) is 5.78 Å². The van der Waals surface area contributed by atoms with Crippen LogP contribution >= 0.6 is 0 Å². The number of aliphatic carboxylic acids is 2. The molecule has 0 spiro atoms. The highest BCUT2D eigenvalue weighted by atomic mass is 16.4. The first-order valence-electron chi connectivity index (χ1n) is 16.5. The van der Waals surface area contributed by atoms with Gasteiger partial charge in [0.25, 0.3) is 0 Å². The Kier molecular flexibility index (Phi) is 13.4. The molecule has 2 aromatic carbocycles. The molecule has 0 bridgehead atoms. The summed E-state index contributed by atoms with van der Waals surface area (Å²) in [6.07, 6.45) is 9.90. The number of hydrogen-bond donors (Lipinski definition) is 2. The molecule has 2 saturated heterocycles. The molecule has 0 aromatic heterocycles. The molecule has 5 rings (SSSR count). The zero-order valence-corrected chi connectivity index (χ0v) is 26.3. The molecule has 1 amide bonds. The van der Waals surface area contributed by atoms with E-state index in [1.54, 1.807) is 0 Å². The van der Waals surface area contributed by atoms with Crippen molar-refractivity contribution >= 4 is 35.0 Å². The van der Waals surface area contributed by atoms with Gasteiger partial charge in [0, 0.05) is 44.0 Å². The molecule has 0 aliphatic carbocycles. The van der Waals surface area contributed by atoms with Gasteiger partial charge in [0.05, 0.1) is 5.69 Å². The molecular formula is C35H48N4O6. The number of fused-ring (bicyclic) bond motifs is 1. The van der Waals surface area contributed by atoms with Crippen molar-refractivity contribution in [2.75, 3.05) is 68.7 Å². The first-order valence-corrected chi connectivity index (χ1v) is 16.5. The fourth-order valence-electron chi connectivity index (χ4n) is 6.55. The van der Waals surface area contributed by atoms with Crippen molar-refractivity contribution in [3.63, 3.8) is 0 Å². The molecular weight excluding hydrogens is 572 g/mol. The van der Waals surface area contributed by atoms with Crippen LogP contribution in [0.15, 0.2) is 54.6 Å². The fourth-order valence-corrected chi connectivity index (χ4v) is 6.55. The van der Waals surface area contributed by atoms with Crippen molar-refractivity contribution in [1.29, 1.82) is 0 Å². The van der Waals surface area contributed by atoms with E-state index in [0.717, 1.165) is 76.2 Å². The molecule has 0 saturated carbocycles. The molecule has 10 nitrogen and oxygen atoms in total. The lowest BCUT2D eigenvalue weighted by Crippen LogP contribution is -2.46. The van der Waals surface area contributed by atoms with E-state index in [1.807, 2.05) is 29.2 Å². The van der Waals surface area contributed by atoms with E-state index in [4.69, 9.17) is 19.8 Å². The summed E-state index contributed by atoms with van der Waals surface area (Å²) in [5.74, 6) is -4.11. The number of ketones is 1. The smallest absolute Gasteiger partial charge is 0.414 e. The summed E-state index contributed by atoms with van der Waals surface area (Å²) in [6, 6.07) is 18.4. The van der Waals surface area contributed by atoms with Crippen molar-refractivity contribution in [2.24, 2.45) is 5.92 Å². The van der Waals surface area contributed by atoms with E-state index in [-0.39, 0.29) is 11.7 Å². The largest absolute Gasteiger partial charge is 0.473 e. The van der Waals surface area contributed by atoms with E-state index >= 15 is 0 Å². The van der Waals surface area contributed by atoms with E-state index < -0.39 is 17.9 Å². The predicted molar refractivity (Wildman–Crippen MR) is 175 cm³/mol. The molecule has 10 heteroatoms.